The molecule has 0 radical (unpaired) electrons. The average Bonchev–Trinajstić information content (AvgIpc) is 2.91. The zero-order chi connectivity index (χ0) is 14.7. The third-order valence-electron chi connectivity index (χ3n) is 4.16. The quantitative estimate of drug-likeness (QED) is 0.877. The van der Waals surface area contributed by atoms with Crippen LogP contribution in [0.4, 0.5) is 4.39 Å². The molecule has 0 saturated carbocycles. The number of fused-ring (bicyclic) bond motifs is 1. The third kappa shape index (κ3) is 3.44. The van der Waals surface area contributed by atoms with E-state index in [1.165, 1.54) is 9.58 Å². The predicted molar refractivity (Wildman–Crippen MR) is 86.4 cm³/mol. The fourth-order valence-electron chi connectivity index (χ4n) is 3.04. The van der Waals surface area contributed by atoms with Crippen LogP contribution in [0.1, 0.15) is 37.1 Å². The predicted octanol–water partition coefficient (Wildman–Crippen LogP) is 4.51. The van der Waals surface area contributed by atoms with Crippen LogP contribution in [0.3, 0.4) is 0 Å². The van der Waals surface area contributed by atoms with Crippen molar-refractivity contribution >= 4 is 21.4 Å². The molecule has 21 heavy (non-hydrogen) atoms. The standard InChI is InChI=1S/C17H22FNOS/c1-2-7-19-17(12-5-8-20-9-6-12)16-11-13-10-14(18)3-4-15(13)21-16/h3-4,10-12,17,19H,2,5-9H2,1H3. The van der Waals surface area contributed by atoms with E-state index in [-0.39, 0.29) is 5.82 Å². The summed E-state index contributed by atoms with van der Waals surface area (Å²) in [5, 5.41) is 4.71. The van der Waals surface area contributed by atoms with E-state index in [1.54, 1.807) is 23.5 Å². The fraction of sp³-hybridized carbons (Fsp3) is 0.529. The molecule has 1 aromatic heterocycles. The van der Waals surface area contributed by atoms with E-state index in [2.05, 4.69) is 18.3 Å². The summed E-state index contributed by atoms with van der Waals surface area (Å²) in [5.41, 5.74) is 0. The highest BCUT2D eigenvalue weighted by molar-refractivity contribution is 7.19. The molecule has 2 nitrogen and oxygen atoms in total. The Morgan fingerprint density at radius 2 is 2.14 bits per heavy atom. The molecule has 1 aliphatic heterocycles. The van der Waals surface area contributed by atoms with Gasteiger partial charge >= 0.3 is 0 Å². The maximum atomic E-state index is 13.4. The molecule has 1 aromatic carbocycles. The topological polar surface area (TPSA) is 21.3 Å². The molecular weight excluding hydrogens is 285 g/mol. The smallest absolute Gasteiger partial charge is 0.123 e. The molecule has 1 saturated heterocycles. The molecule has 1 aliphatic rings. The van der Waals surface area contributed by atoms with Crippen molar-refractivity contribution in [3.05, 3.63) is 35.0 Å². The number of benzene rings is 1. The largest absolute Gasteiger partial charge is 0.381 e. The number of thiophene rings is 1. The van der Waals surface area contributed by atoms with Gasteiger partial charge in [0.1, 0.15) is 5.82 Å². The number of hydrogen-bond acceptors (Lipinski definition) is 3. The first-order valence-electron chi connectivity index (χ1n) is 7.78. The SMILES string of the molecule is CCCNC(c1cc2cc(F)ccc2s1)C1CCOCC1. The second-order valence-electron chi connectivity index (χ2n) is 5.71. The lowest BCUT2D eigenvalue weighted by Crippen LogP contribution is -2.32. The lowest BCUT2D eigenvalue weighted by atomic mass is 9.90. The molecule has 3 rings (SSSR count). The molecule has 1 atom stereocenters. The van der Waals surface area contributed by atoms with E-state index in [0.29, 0.717) is 12.0 Å². The Morgan fingerprint density at radius 1 is 1.33 bits per heavy atom. The monoisotopic (exact) mass is 307 g/mol. The molecule has 2 heterocycles. The average molecular weight is 307 g/mol. The van der Waals surface area contributed by atoms with Crippen LogP contribution in [0.2, 0.25) is 0 Å². The van der Waals surface area contributed by atoms with Gasteiger partial charge in [-0.25, -0.2) is 4.39 Å². The van der Waals surface area contributed by atoms with Crippen molar-refractivity contribution in [3.63, 3.8) is 0 Å². The van der Waals surface area contributed by atoms with Crippen LogP contribution in [-0.2, 0) is 4.74 Å². The molecule has 1 N–H and O–H groups in total. The van der Waals surface area contributed by atoms with Crippen molar-refractivity contribution in [2.24, 2.45) is 5.92 Å². The second kappa shape index (κ2) is 6.86. The van der Waals surface area contributed by atoms with E-state index in [9.17, 15) is 4.39 Å². The molecule has 0 bridgehead atoms. The summed E-state index contributed by atoms with van der Waals surface area (Å²) >= 11 is 1.79. The van der Waals surface area contributed by atoms with E-state index < -0.39 is 0 Å². The minimum atomic E-state index is -0.156. The molecule has 0 aliphatic carbocycles. The summed E-state index contributed by atoms with van der Waals surface area (Å²) in [7, 11) is 0. The minimum Gasteiger partial charge on any atom is -0.381 e. The first-order chi connectivity index (χ1) is 10.3. The van der Waals surface area contributed by atoms with Gasteiger partial charge in [-0.15, -0.1) is 11.3 Å². The van der Waals surface area contributed by atoms with Crippen LogP contribution in [0.5, 0.6) is 0 Å². The van der Waals surface area contributed by atoms with Crippen LogP contribution < -0.4 is 5.32 Å². The number of ether oxygens (including phenoxy) is 1. The van der Waals surface area contributed by atoms with Crippen LogP contribution in [-0.4, -0.2) is 19.8 Å². The summed E-state index contributed by atoms with van der Waals surface area (Å²) in [5.74, 6) is 0.458. The van der Waals surface area contributed by atoms with E-state index in [1.807, 2.05) is 6.07 Å². The van der Waals surface area contributed by atoms with Gasteiger partial charge in [0.25, 0.3) is 0 Å². The minimum absolute atomic E-state index is 0.156. The van der Waals surface area contributed by atoms with Crippen LogP contribution in [0, 0.1) is 11.7 Å². The van der Waals surface area contributed by atoms with E-state index >= 15 is 0 Å². The van der Waals surface area contributed by atoms with Gasteiger partial charge < -0.3 is 10.1 Å². The third-order valence-corrected chi connectivity index (χ3v) is 5.35. The highest BCUT2D eigenvalue weighted by Gasteiger charge is 2.26. The van der Waals surface area contributed by atoms with Crippen LogP contribution in [0.25, 0.3) is 10.1 Å². The Hall–Kier alpha value is -0.970. The number of nitrogens with one attached hydrogen (secondary N) is 1. The maximum Gasteiger partial charge on any atom is 0.123 e. The molecule has 1 unspecified atom stereocenters. The summed E-state index contributed by atoms with van der Waals surface area (Å²) < 4.78 is 20.0. The van der Waals surface area contributed by atoms with Crippen molar-refractivity contribution in [1.82, 2.24) is 5.32 Å². The van der Waals surface area contributed by atoms with Crippen molar-refractivity contribution in [1.29, 1.82) is 0 Å². The normalized spacial score (nSPS) is 18.2. The maximum absolute atomic E-state index is 13.4. The Morgan fingerprint density at radius 3 is 2.90 bits per heavy atom. The number of rotatable bonds is 5. The molecule has 0 amide bonds. The van der Waals surface area contributed by atoms with Gasteiger partial charge in [0.05, 0.1) is 0 Å². The Balaban J connectivity index is 1.88. The Bertz CT molecular complexity index is 591. The zero-order valence-corrected chi connectivity index (χ0v) is 13.2. The summed E-state index contributed by atoms with van der Waals surface area (Å²) in [4.78, 5) is 1.33. The van der Waals surface area contributed by atoms with Gasteiger partial charge in [-0.05, 0) is 61.4 Å². The van der Waals surface area contributed by atoms with Gasteiger partial charge in [0.15, 0.2) is 0 Å². The summed E-state index contributed by atoms with van der Waals surface area (Å²) in [6.07, 6.45) is 3.33. The van der Waals surface area contributed by atoms with Gasteiger partial charge in [-0.1, -0.05) is 6.92 Å². The van der Waals surface area contributed by atoms with Crippen molar-refractivity contribution in [3.8, 4) is 0 Å². The highest BCUT2D eigenvalue weighted by Crippen LogP contribution is 2.37. The van der Waals surface area contributed by atoms with Crippen molar-refractivity contribution in [2.45, 2.75) is 32.2 Å². The summed E-state index contributed by atoms with van der Waals surface area (Å²) in [6, 6.07) is 7.60. The molecule has 0 spiro atoms. The van der Waals surface area contributed by atoms with Gasteiger partial charge in [-0.2, -0.15) is 0 Å². The van der Waals surface area contributed by atoms with E-state index in [4.69, 9.17) is 4.74 Å². The van der Waals surface area contributed by atoms with E-state index in [0.717, 1.165) is 44.4 Å². The molecular formula is C17H22FNOS. The molecule has 1 fully saturated rings. The van der Waals surface area contributed by atoms with Gasteiger partial charge in [0, 0.05) is 28.8 Å². The summed E-state index contributed by atoms with van der Waals surface area (Å²) in [6.45, 7) is 4.92. The first kappa shape index (κ1) is 14.9. The van der Waals surface area contributed by atoms with Crippen molar-refractivity contribution < 1.29 is 9.13 Å². The highest BCUT2D eigenvalue weighted by atomic mass is 32.1. The fourth-order valence-corrected chi connectivity index (χ4v) is 4.25. The molecule has 4 heteroatoms. The number of hydrogen-bond donors (Lipinski definition) is 1. The zero-order valence-electron chi connectivity index (χ0n) is 12.4. The van der Waals surface area contributed by atoms with Crippen LogP contribution in [0.15, 0.2) is 24.3 Å². The van der Waals surface area contributed by atoms with Crippen LogP contribution >= 0.6 is 11.3 Å². The molecule has 2 aromatic rings. The van der Waals surface area contributed by atoms with Gasteiger partial charge in [0.2, 0.25) is 0 Å². The number of halogens is 1. The molecule has 114 valence electrons. The Labute approximate surface area is 129 Å². The lowest BCUT2D eigenvalue weighted by Gasteiger charge is -2.30. The van der Waals surface area contributed by atoms with Gasteiger partial charge in [-0.3, -0.25) is 0 Å². The Kier molecular flexibility index (Phi) is 4.88. The first-order valence-corrected chi connectivity index (χ1v) is 8.59. The lowest BCUT2D eigenvalue weighted by molar-refractivity contribution is 0.0541. The second-order valence-corrected chi connectivity index (χ2v) is 6.83. The van der Waals surface area contributed by atoms with Crippen molar-refractivity contribution in [2.75, 3.05) is 19.8 Å².